The Morgan fingerprint density at radius 2 is 1.19 bits per heavy atom. The van der Waals surface area contributed by atoms with Gasteiger partial charge < -0.3 is 29.9 Å². The van der Waals surface area contributed by atoms with E-state index in [-0.39, 0.29) is 24.0 Å². The molecular formula is C18H32N4O4. The Labute approximate surface area is 155 Å². The Bertz CT molecular complexity index is 414. The second kappa shape index (κ2) is 10.2. The van der Waals surface area contributed by atoms with Gasteiger partial charge in [-0.3, -0.25) is 9.59 Å². The number of nitrogens with one attached hydrogen (secondary N) is 2. The number of hydrogen-bond acceptors (Lipinski definition) is 6. The number of ether oxygens (including phenoxy) is 2. The van der Waals surface area contributed by atoms with Gasteiger partial charge in [0.15, 0.2) is 0 Å². The molecule has 0 aliphatic carbocycles. The van der Waals surface area contributed by atoms with Crippen LogP contribution in [0, 0.1) is 0 Å². The zero-order valence-electron chi connectivity index (χ0n) is 15.6. The largest absolute Gasteiger partial charge is 0.377 e. The van der Waals surface area contributed by atoms with Gasteiger partial charge in [-0.2, -0.15) is 0 Å². The molecule has 0 saturated carbocycles. The van der Waals surface area contributed by atoms with Gasteiger partial charge in [0.25, 0.3) is 0 Å². The molecule has 0 aromatic heterocycles. The van der Waals surface area contributed by atoms with Gasteiger partial charge in [0.1, 0.15) is 0 Å². The molecule has 8 nitrogen and oxygen atoms in total. The number of hydrogen-bond donors (Lipinski definition) is 2. The minimum Gasteiger partial charge on any atom is -0.377 e. The summed E-state index contributed by atoms with van der Waals surface area (Å²) in [6, 6.07) is 0. The van der Waals surface area contributed by atoms with Crippen LogP contribution in [0.2, 0.25) is 0 Å². The van der Waals surface area contributed by atoms with Gasteiger partial charge in [-0.15, -0.1) is 0 Å². The number of carbonyl (C=O) groups is 2. The molecule has 3 aliphatic heterocycles. The molecule has 2 amide bonds. The zero-order valence-corrected chi connectivity index (χ0v) is 15.6. The molecule has 0 aromatic rings. The molecule has 2 N–H and O–H groups in total. The molecule has 8 heteroatoms. The molecule has 0 radical (unpaired) electrons. The van der Waals surface area contributed by atoms with Gasteiger partial charge in [-0.1, -0.05) is 0 Å². The SMILES string of the molecule is O=C(CNC[C@H]1CCCO1)N1CCN(C(=O)CNC[C@H]2CCCO2)CC1. The molecule has 148 valence electrons. The van der Waals surface area contributed by atoms with Crippen LogP contribution in [0.3, 0.4) is 0 Å². The van der Waals surface area contributed by atoms with Gasteiger partial charge in [0.2, 0.25) is 11.8 Å². The Morgan fingerprint density at radius 3 is 1.54 bits per heavy atom. The first-order valence-corrected chi connectivity index (χ1v) is 9.92. The summed E-state index contributed by atoms with van der Waals surface area (Å²) in [5.41, 5.74) is 0. The molecule has 3 aliphatic rings. The molecule has 0 aromatic carbocycles. The van der Waals surface area contributed by atoms with E-state index in [9.17, 15) is 9.59 Å². The van der Waals surface area contributed by atoms with Crippen LogP contribution in [0.5, 0.6) is 0 Å². The van der Waals surface area contributed by atoms with Crippen molar-refractivity contribution in [3.63, 3.8) is 0 Å². The molecule has 0 bridgehead atoms. The number of carbonyl (C=O) groups excluding carboxylic acids is 2. The van der Waals surface area contributed by atoms with Gasteiger partial charge in [0, 0.05) is 52.5 Å². The number of nitrogens with zero attached hydrogens (tertiary/aromatic N) is 2. The fraction of sp³-hybridized carbons (Fsp3) is 0.889. The van der Waals surface area contributed by atoms with E-state index in [0.717, 1.165) is 52.0 Å². The maximum absolute atomic E-state index is 12.3. The average Bonchev–Trinajstić information content (AvgIpc) is 3.36. The third kappa shape index (κ3) is 5.90. The lowest BCUT2D eigenvalue weighted by molar-refractivity contribution is -0.138. The molecule has 0 unspecified atom stereocenters. The summed E-state index contributed by atoms with van der Waals surface area (Å²) in [5.74, 6) is 0.207. The standard InChI is InChI=1S/C18H32N4O4/c23-17(13-19-11-15-3-1-9-25-15)21-5-7-22(8-6-21)18(24)14-20-12-16-4-2-10-26-16/h15-16,19-20H,1-14H2/t15-,16-/m1/s1. The lowest BCUT2D eigenvalue weighted by Crippen LogP contribution is -2.54. The van der Waals surface area contributed by atoms with Crippen LogP contribution in [0.15, 0.2) is 0 Å². The quantitative estimate of drug-likeness (QED) is 0.583. The van der Waals surface area contributed by atoms with E-state index in [1.165, 1.54) is 0 Å². The molecule has 3 saturated heterocycles. The highest BCUT2D eigenvalue weighted by Gasteiger charge is 2.24. The van der Waals surface area contributed by atoms with Crippen molar-refractivity contribution in [3.8, 4) is 0 Å². The lowest BCUT2D eigenvalue weighted by Gasteiger charge is -2.35. The van der Waals surface area contributed by atoms with Crippen molar-refractivity contribution >= 4 is 11.8 Å². The predicted molar refractivity (Wildman–Crippen MR) is 96.8 cm³/mol. The van der Waals surface area contributed by atoms with E-state index in [4.69, 9.17) is 9.47 Å². The number of piperazine rings is 1. The van der Waals surface area contributed by atoms with Gasteiger partial charge >= 0.3 is 0 Å². The van der Waals surface area contributed by atoms with E-state index in [2.05, 4.69) is 10.6 Å². The van der Waals surface area contributed by atoms with E-state index >= 15 is 0 Å². The fourth-order valence-electron chi connectivity index (χ4n) is 3.72. The summed E-state index contributed by atoms with van der Waals surface area (Å²) in [5, 5.41) is 6.39. The summed E-state index contributed by atoms with van der Waals surface area (Å²) in [6.07, 6.45) is 4.86. The van der Waals surface area contributed by atoms with Crippen LogP contribution in [0.4, 0.5) is 0 Å². The van der Waals surface area contributed by atoms with Crippen molar-refractivity contribution in [3.05, 3.63) is 0 Å². The molecule has 3 rings (SSSR count). The highest BCUT2D eigenvalue weighted by atomic mass is 16.5. The highest BCUT2D eigenvalue weighted by molar-refractivity contribution is 5.80. The van der Waals surface area contributed by atoms with Crippen LogP contribution in [-0.4, -0.2) is 99.4 Å². The van der Waals surface area contributed by atoms with Gasteiger partial charge in [-0.25, -0.2) is 0 Å². The lowest BCUT2D eigenvalue weighted by atomic mass is 10.2. The second-order valence-corrected chi connectivity index (χ2v) is 7.29. The van der Waals surface area contributed by atoms with Crippen molar-refractivity contribution in [2.24, 2.45) is 0 Å². The van der Waals surface area contributed by atoms with E-state index in [1.54, 1.807) is 0 Å². The molecule has 26 heavy (non-hydrogen) atoms. The summed E-state index contributed by atoms with van der Waals surface area (Å²) in [4.78, 5) is 28.2. The number of amides is 2. The van der Waals surface area contributed by atoms with Crippen LogP contribution in [0.1, 0.15) is 25.7 Å². The van der Waals surface area contributed by atoms with Crippen molar-refractivity contribution in [1.29, 1.82) is 0 Å². The van der Waals surface area contributed by atoms with Gasteiger partial charge in [-0.05, 0) is 25.7 Å². The number of rotatable bonds is 8. The van der Waals surface area contributed by atoms with Gasteiger partial charge in [0.05, 0.1) is 25.3 Å². The first-order chi connectivity index (χ1) is 12.7. The normalized spacial score (nSPS) is 26.5. The first kappa shape index (κ1) is 19.5. The first-order valence-electron chi connectivity index (χ1n) is 9.92. The topological polar surface area (TPSA) is 83.1 Å². The zero-order chi connectivity index (χ0) is 18.2. The average molecular weight is 368 g/mol. The van der Waals surface area contributed by atoms with E-state index in [0.29, 0.717) is 39.3 Å². The minimum absolute atomic E-state index is 0.103. The summed E-state index contributed by atoms with van der Waals surface area (Å²) >= 11 is 0. The van der Waals surface area contributed by atoms with Crippen LogP contribution < -0.4 is 10.6 Å². The second-order valence-electron chi connectivity index (χ2n) is 7.29. The molecule has 3 heterocycles. The highest BCUT2D eigenvalue weighted by Crippen LogP contribution is 2.11. The van der Waals surface area contributed by atoms with Crippen LogP contribution >= 0.6 is 0 Å². The summed E-state index contributed by atoms with van der Waals surface area (Å²) in [7, 11) is 0. The summed E-state index contributed by atoms with van der Waals surface area (Å²) in [6.45, 7) is 6.26. The molecular weight excluding hydrogens is 336 g/mol. The van der Waals surface area contributed by atoms with Crippen molar-refractivity contribution in [2.45, 2.75) is 37.9 Å². The summed E-state index contributed by atoms with van der Waals surface area (Å²) < 4.78 is 11.1. The van der Waals surface area contributed by atoms with Crippen molar-refractivity contribution in [2.75, 3.05) is 65.6 Å². The Kier molecular flexibility index (Phi) is 7.67. The van der Waals surface area contributed by atoms with E-state index < -0.39 is 0 Å². The Hall–Kier alpha value is -1.22. The third-order valence-electron chi connectivity index (χ3n) is 5.33. The van der Waals surface area contributed by atoms with Crippen molar-refractivity contribution in [1.82, 2.24) is 20.4 Å². The predicted octanol–water partition coefficient (Wildman–Crippen LogP) is -0.806. The Morgan fingerprint density at radius 1 is 0.769 bits per heavy atom. The van der Waals surface area contributed by atoms with Crippen molar-refractivity contribution < 1.29 is 19.1 Å². The Balaban J connectivity index is 1.26. The van der Waals surface area contributed by atoms with Crippen LogP contribution in [0.25, 0.3) is 0 Å². The van der Waals surface area contributed by atoms with E-state index in [1.807, 2.05) is 9.80 Å². The monoisotopic (exact) mass is 368 g/mol. The maximum atomic E-state index is 12.3. The molecule has 0 spiro atoms. The molecule has 3 fully saturated rings. The maximum Gasteiger partial charge on any atom is 0.236 e. The molecule has 2 atom stereocenters. The van der Waals surface area contributed by atoms with Crippen LogP contribution in [-0.2, 0) is 19.1 Å². The third-order valence-corrected chi connectivity index (χ3v) is 5.33. The smallest absolute Gasteiger partial charge is 0.236 e. The fourth-order valence-corrected chi connectivity index (χ4v) is 3.72. The minimum atomic E-state index is 0.103.